The zero-order chi connectivity index (χ0) is 19.0. The average molecular weight is 364 g/mol. The molecule has 1 rings (SSSR count). The van der Waals surface area contributed by atoms with Crippen molar-refractivity contribution in [2.45, 2.75) is 64.4 Å². The van der Waals surface area contributed by atoms with Crippen LogP contribution in [-0.2, 0) is 16.1 Å². The van der Waals surface area contributed by atoms with E-state index in [-0.39, 0.29) is 23.8 Å². The Hall–Kier alpha value is -2.44. The molecule has 0 amide bonds. The Labute approximate surface area is 154 Å². The normalized spacial score (nSPS) is 11.3. The van der Waals surface area contributed by atoms with E-state index in [1.165, 1.54) is 0 Å². The Morgan fingerprint density at radius 3 is 2.15 bits per heavy atom. The molecule has 0 saturated heterocycles. The van der Waals surface area contributed by atoms with Gasteiger partial charge in [0.15, 0.2) is 5.71 Å². The summed E-state index contributed by atoms with van der Waals surface area (Å²) >= 11 is 0. The topological polar surface area (TPSA) is 102 Å². The van der Waals surface area contributed by atoms with Crippen molar-refractivity contribution in [3.05, 3.63) is 46.0 Å². The minimum atomic E-state index is -0.581. The van der Waals surface area contributed by atoms with Crippen molar-refractivity contribution in [3.63, 3.8) is 0 Å². The molecule has 0 aliphatic carbocycles. The van der Waals surface area contributed by atoms with Gasteiger partial charge in [-0.05, 0) is 18.4 Å². The third-order valence-corrected chi connectivity index (χ3v) is 4.07. The maximum atomic E-state index is 11.9. The van der Waals surface area contributed by atoms with Crippen molar-refractivity contribution < 1.29 is 19.7 Å². The molecule has 1 N–H and O–H groups in total. The van der Waals surface area contributed by atoms with Gasteiger partial charge >= 0.3 is 5.97 Å². The summed E-state index contributed by atoms with van der Waals surface area (Å²) in [6.07, 6.45) is 7.84. The van der Waals surface area contributed by atoms with E-state index in [1.807, 2.05) is 30.3 Å². The van der Waals surface area contributed by atoms with Gasteiger partial charge in [0.25, 0.3) is 0 Å². The Morgan fingerprint density at radius 1 is 1.00 bits per heavy atom. The van der Waals surface area contributed by atoms with Gasteiger partial charge in [-0.3, -0.25) is 10.1 Å². The third-order valence-electron chi connectivity index (χ3n) is 4.07. The quantitative estimate of drug-likeness (QED) is 0.132. The molecule has 0 atom stereocenters. The summed E-state index contributed by atoms with van der Waals surface area (Å²) in [6.45, 7) is 0.221. The van der Waals surface area contributed by atoms with E-state index in [0.717, 1.165) is 50.5 Å². The SMILES string of the molecule is O=C(OCc1ccccc1)/C(CCCCCCCCCC[N+](=O)[O-])=N/O. The highest BCUT2D eigenvalue weighted by Crippen LogP contribution is 2.11. The van der Waals surface area contributed by atoms with Crippen molar-refractivity contribution in [3.8, 4) is 0 Å². The van der Waals surface area contributed by atoms with Gasteiger partial charge in [-0.2, -0.15) is 0 Å². The minimum absolute atomic E-state index is 0.0562. The molecule has 0 aliphatic heterocycles. The van der Waals surface area contributed by atoms with Gasteiger partial charge in [0.1, 0.15) is 6.61 Å². The first-order valence-corrected chi connectivity index (χ1v) is 9.17. The summed E-state index contributed by atoms with van der Waals surface area (Å²) in [5.74, 6) is -0.581. The standard InChI is InChI=1S/C19H28N2O5/c22-19(26-16-17-12-8-7-9-13-17)18(20-23)14-10-5-3-1-2-4-6-11-15-21(24)25/h7-9,12-13,23H,1-6,10-11,14-16H2/b20-18+. The number of hydrogen-bond donors (Lipinski definition) is 1. The van der Waals surface area contributed by atoms with Crippen LogP contribution in [0, 0.1) is 10.1 Å². The Bertz CT molecular complexity index is 560. The molecule has 0 heterocycles. The van der Waals surface area contributed by atoms with Gasteiger partial charge in [0.05, 0.1) is 0 Å². The van der Waals surface area contributed by atoms with Crippen LogP contribution in [-0.4, -0.2) is 28.4 Å². The lowest BCUT2D eigenvalue weighted by atomic mass is 10.1. The number of nitro groups is 1. The smallest absolute Gasteiger partial charge is 0.356 e. The number of ether oxygens (including phenoxy) is 1. The second-order valence-corrected chi connectivity index (χ2v) is 6.24. The van der Waals surface area contributed by atoms with E-state index in [9.17, 15) is 14.9 Å². The lowest BCUT2D eigenvalue weighted by molar-refractivity contribution is -0.480. The van der Waals surface area contributed by atoms with Crippen LogP contribution >= 0.6 is 0 Å². The van der Waals surface area contributed by atoms with Crippen LogP contribution in [0.15, 0.2) is 35.5 Å². The van der Waals surface area contributed by atoms with Crippen molar-refractivity contribution in [1.29, 1.82) is 0 Å². The van der Waals surface area contributed by atoms with Crippen molar-refractivity contribution in [2.24, 2.45) is 5.16 Å². The first-order valence-electron chi connectivity index (χ1n) is 9.17. The first-order chi connectivity index (χ1) is 12.6. The fraction of sp³-hybridized carbons (Fsp3) is 0.579. The fourth-order valence-electron chi connectivity index (χ4n) is 2.59. The molecule has 26 heavy (non-hydrogen) atoms. The van der Waals surface area contributed by atoms with E-state index in [1.54, 1.807) is 0 Å². The molecule has 0 bridgehead atoms. The van der Waals surface area contributed by atoms with Crippen LogP contribution < -0.4 is 0 Å². The van der Waals surface area contributed by atoms with E-state index in [4.69, 9.17) is 9.94 Å². The lowest BCUT2D eigenvalue weighted by Gasteiger charge is -2.06. The van der Waals surface area contributed by atoms with E-state index >= 15 is 0 Å². The summed E-state index contributed by atoms with van der Waals surface area (Å²) < 4.78 is 5.15. The highest BCUT2D eigenvalue weighted by atomic mass is 16.6. The molecule has 0 spiro atoms. The molecule has 7 nitrogen and oxygen atoms in total. The lowest BCUT2D eigenvalue weighted by Crippen LogP contribution is -2.17. The molecule has 1 aromatic rings. The van der Waals surface area contributed by atoms with Gasteiger partial charge in [-0.15, -0.1) is 0 Å². The highest BCUT2D eigenvalue weighted by Gasteiger charge is 2.13. The molecule has 144 valence electrons. The molecule has 0 saturated carbocycles. The zero-order valence-electron chi connectivity index (χ0n) is 15.1. The number of carbonyl (C=O) groups excluding carboxylic acids is 1. The van der Waals surface area contributed by atoms with Crippen LogP contribution in [0.5, 0.6) is 0 Å². The van der Waals surface area contributed by atoms with Crippen molar-refractivity contribution in [2.75, 3.05) is 6.54 Å². The molecule has 0 aromatic heterocycles. The summed E-state index contributed by atoms with van der Waals surface area (Å²) in [5.41, 5.74) is 0.942. The fourth-order valence-corrected chi connectivity index (χ4v) is 2.59. The van der Waals surface area contributed by atoms with Crippen LogP contribution in [0.1, 0.15) is 63.4 Å². The zero-order valence-corrected chi connectivity index (χ0v) is 15.1. The number of nitrogens with zero attached hydrogens (tertiary/aromatic N) is 2. The van der Waals surface area contributed by atoms with E-state index < -0.39 is 5.97 Å². The number of hydrogen-bond acceptors (Lipinski definition) is 6. The number of oxime groups is 1. The van der Waals surface area contributed by atoms with E-state index in [2.05, 4.69) is 5.16 Å². The third kappa shape index (κ3) is 10.4. The highest BCUT2D eigenvalue weighted by molar-refractivity contribution is 6.36. The first kappa shape index (κ1) is 21.6. The van der Waals surface area contributed by atoms with Crippen LogP contribution in [0.4, 0.5) is 0 Å². The number of esters is 1. The average Bonchev–Trinajstić information content (AvgIpc) is 2.65. The molecule has 7 heteroatoms. The molecule has 1 aromatic carbocycles. The van der Waals surface area contributed by atoms with Gasteiger partial charge in [-0.25, -0.2) is 4.79 Å². The van der Waals surface area contributed by atoms with Crippen molar-refractivity contribution >= 4 is 11.7 Å². The van der Waals surface area contributed by atoms with Gasteiger partial charge < -0.3 is 9.94 Å². The van der Waals surface area contributed by atoms with E-state index in [0.29, 0.717) is 12.8 Å². The van der Waals surface area contributed by atoms with Crippen LogP contribution in [0.2, 0.25) is 0 Å². The Balaban J connectivity index is 2.05. The van der Waals surface area contributed by atoms with Gasteiger partial charge in [0, 0.05) is 17.8 Å². The number of rotatable bonds is 14. The van der Waals surface area contributed by atoms with Gasteiger partial charge in [-0.1, -0.05) is 67.6 Å². The maximum Gasteiger partial charge on any atom is 0.356 e. The van der Waals surface area contributed by atoms with Crippen LogP contribution in [0.3, 0.4) is 0 Å². The predicted molar refractivity (Wildman–Crippen MR) is 98.9 cm³/mol. The monoisotopic (exact) mass is 364 g/mol. The molecule has 0 unspecified atom stereocenters. The second kappa shape index (κ2) is 13.8. The predicted octanol–water partition coefficient (Wildman–Crippen LogP) is 4.35. The summed E-state index contributed by atoms with van der Waals surface area (Å²) in [4.78, 5) is 21.8. The largest absolute Gasteiger partial charge is 0.456 e. The maximum absolute atomic E-state index is 11.9. The molecule has 0 radical (unpaired) electrons. The van der Waals surface area contributed by atoms with Gasteiger partial charge in [0.2, 0.25) is 6.54 Å². The summed E-state index contributed by atoms with van der Waals surface area (Å²) in [6, 6.07) is 9.35. The Kier molecular flexibility index (Phi) is 11.5. The summed E-state index contributed by atoms with van der Waals surface area (Å²) in [7, 11) is 0. The second-order valence-electron chi connectivity index (χ2n) is 6.24. The molecule has 0 fully saturated rings. The summed E-state index contributed by atoms with van der Waals surface area (Å²) in [5, 5.41) is 22.3. The van der Waals surface area contributed by atoms with Crippen LogP contribution in [0.25, 0.3) is 0 Å². The minimum Gasteiger partial charge on any atom is -0.456 e. The molecular formula is C19H28N2O5. The number of benzene rings is 1. The van der Waals surface area contributed by atoms with Crippen molar-refractivity contribution in [1.82, 2.24) is 0 Å². The Morgan fingerprint density at radius 2 is 1.58 bits per heavy atom. The molecule has 0 aliphatic rings. The number of carbonyl (C=O) groups is 1. The number of unbranched alkanes of at least 4 members (excludes halogenated alkanes) is 7. The molecular weight excluding hydrogens is 336 g/mol.